The Bertz CT molecular complexity index is 1110. The summed E-state index contributed by atoms with van der Waals surface area (Å²) in [6.45, 7) is 0.582. The van der Waals surface area contributed by atoms with E-state index in [1.807, 2.05) is 0 Å². The van der Waals surface area contributed by atoms with Crippen LogP contribution in [-0.2, 0) is 9.59 Å². The second-order valence-corrected chi connectivity index (χ2v) is 8.58. The number of amides is 1. The fourth-order valence-electron chi connectivity index (χ4n) is 3.43. The average Bonchev–Trinajstić information content (AvgIpc) is 2.88. The second-order valence-electron chi connectivity index (χ2n) is 8.58. The number of carbonyl (C=O) groups is 2. The molecule has 0 aliphatic carbocycles. The number of aromatic nitrogens is 1. The number of unbranched alkanes of at least 4 members (excludes halogenated alkanes) is 3. The summed E-state index contributed by atoms with van der Waals surface area (Å²) in [5.41, 5.74) is 16.9. The number of carbonyl (C=O) groups excluding carboxylic acids is 2. The number of nitrogens with two attached hydrogens (primary N) is 3. The number of halogens is 4. The van der Waals surface area contributed by atoms with Crippen molar-refractivity contribution in [2.24, 2.45) is 17.2 Å². The van der Waals surface area contributed by atoms with Gasteiger partial charge in [0, 0.05) is 17.7 Å². The van der Waals surface area contributed by atoms with Crippen molar-refractivity contribution >= 4 is 17.4 Å². The lowest BCUT2D eigenvalue weighted by molar-refractivity contribution is -0.120. The van der Waals surface area contributed by atoms with Crippen LogP contribution in [0.2, 0.25) is 0 Å². The molecule has 7 N–H and O–H groups in total. The van der Waals surface area contributed by atoms with Gasteiger partial charge in [0.2, 0.25) is 5.91 Å². The molecule has 2 atom stereocenters. The second kappa shape index (κ2) is 15.0. The average molecular weight is 522 g/mol. The van der Waals surface area contributed by atoms with E-state index in [1.54, 1.807) is 0 Å². The first-order valence-corrected chi connectivity index (χ1v) is 12.0. The van der Waals surface area contributed by atoms with Crippen molar-refractivity contribution in [2.45, 2.75) is 63.5 Å². The number of benzene rings is 1. The Balaban J connectivity index is 1.78. The number of hydrogen-bond donors (Lipinski definition) is 4. The van der Waals surface area contributed by atoms with Gasteiger partial charge in [0.15, 0.2) is 11.6 Å². The van der Waals surface area contributed by atoms with Crippen molar-refractivity contribution in [1.82, 2.24) is 4.98 Å². The first-order chi connectivity index (χ1) is 17.6. The topological polar surface area (TPSA) is 137 Å². The van der Waals surface area contributed by atoms with E-state index in [2.05, 4.69) is 22.1 Å². The Morgan fingerprint density at radius 3 is 2.05 bits per heavy atom. The fraction of sp³-hybridized carbons (Fsp3) is 0.423. The molecule has 2 rings (SSSR count). The maximum Gasteiger partial charge on any atom is 0.253 e. The molecule has 11 heteroatoms. The molecule has 0 radical (unpaired) electrons. The van der Waals surface area contributed by atoms with Crippen molar-refractivity contribution < 1.29 is 27.2 Å². The van der Waals surface area contributed by atoms with Gasteiger partial charge in [-0.1, -0.05) is 31.1 Å². The lowest BCUT2D eigenvalue weighted by Crippen LogP contribution is -2.35. The lowest BCUT2D eigenvalue weighted by atomic mass is 10.0. The normalized spacial score (nSPS) is 12.4. The van der Waals surface area contributed by atoms with E-state index in [4.69, 9.17) is 17.2 Å². The molecule has 37 heavy (non-hydrogen) atoms. The van der Waals surface area contributed by atoms with Crippen LogP contribution >= 0.6 is 0 Å². The zero-order valence-electron chi connectivity index (χ0n) is 20.3. The van der Waals surface area contributed by atoms with Crippen LogP contribution < -0.4 is 22.5 Å². The SMILES string of the molecule is NCCCCC(N)C(=O)CCCCCC(N)C(=O)Nc1ccc(C#Cc2c(F)c(F)nc(F)c2F)cc1. The van der Waals surface area contributed by atoms with Gasteiger partial charge < -0.3 is 22.5 Å². The largest absolute Gasteiger partial charge is 0.330 e. The van der Waals surface area contributed by atoms with Crippen LogP contribution in [0.5, 0.6) is 0 Å². The predicted molar refractivity (Wildman–Crippen MR) is 132 cm³/mol. The Morgan fingerprint density at radius 1 is 0.838 bits per heavy atom. The van der Waals surface area contributed by atoms with Crippen molar-refractivity contribution in [1.29, 1.82) is 0 Å². The number of nitrogens with one attached hydrogen (secondary N) is 1. The third kappa shape index (κ3) is 9.57. The molecule has 0 spiro atoms. The number of pyridine rings is 1. The van der Waals surface area contributed by atoms with Gasteiger partial charge in [-0.3, -0.25) is 9.59 Å². The highest BCUT2D eigenvalue weighted by molar-refractivity contribution is 5.94. The third-order valence-electron chi connectivity index (χ3n) is 5.64. The van der Waals surface area contributed by atoms with Crippen molar-refractivity contribution in [3.63, 3.8) is 0 Å². The first-order valence-electron chi connectivity index (χ1n) is 12.0. The molecule has 7 nitrogen and oxygen atoms in total. The molecule has 1 amide bonds. The van der Waals surface area contributed by atoms with Crippen molar-refractivity contribution in [3.05, 3.63) is 58.9 Å². The quantitative estimate of drug-likeness (QED) is 0.138. The maximum absolute atomic E-state index is 13.6. The zero-order chi connectivity index (χ0) is 27.4. The molecule has 1 aromatic heterocycles. The van der Waals surface area contributed by atoms with E-state index in [-0.39, 0.29) is 11.3 Å². The minimum Gasteiger partial charge on any atom is -0.330 e. The third-order valence-corrected chi connectivity index (χ3v) is 5.64. The number of Topliss-reactive ketones (excluding diaryl/α,β-unsaturated/α-hetero) is 1. The highest BCUT2D eigenvalue weighted by Gasteiger charge is 2.19. The number of nitrogens with zero attached hydrogens (tertiary/aromatic N) is 1. The van der Waals surface area contributed by atoms with Gasteiger partial charge >= 0.3 is 0 Å². The fourth-order valence-corrected chi connectivity index (χ4v) is 3.43. The zero-order valence-corrected chi connectivity index (χ0v) is 20.3. The van der Waals surface area contributed by atoms with Crippen molar-refractivity contribution in [3.8, 4) is 11.8 Å². The first kappa shape index (κ1) is 29.9. The molecule has 0 aliphatic heterocycles. The Hall–Kier alpha value is -3.33. The van der Waals surface area contributed by atoms with Gasteiger partial charge in [0.25, 0.3) is 11.9 Å². The Kier molecular flexibility index (Phi) is 12.2. The van der Waals surface area contributed by atoms with Crippen LogP contribution in [0.1, 0.15) is 62.5 Å². The van der Waals surface area contributed by atoms with Crippen LogP contribution in [-0.4, -0.2) is 35.3 Å². The molecule has 200 valence electrons. The summed E-state index contributed by atoms with van der Waals surface area (Å²) < 4.78 is 53.7. The monoisotopic (exact) mass is 521 g/mol. The Morgan fingerprint density at radius 2 is 1.43 bits per heavy atom. The van der Waals surface area contributed by atoms with Gasteiger partial charge in [-0.15, -0.1) is 0 Å². The molecule has 0 fully saturated rings. The number of rotatable bonds is 13. The smallest absolute Gasteiger partial charge is 0.253 e. The van der Waals surface area contributed by atoms with Crippen LogP contribution in [0.15, 0.2) is 24.3 Å². The van der Waals surface area contributed by atoms with E-state index in [9.17, 15) is 27.2 Å². The summed E-state index contributed by atoms with van der Waals surface area (Å²) in [5, 5.41) is 2.66. The molecule has 2 aromatic rings. The summed E-state index contributed by atoms with van der Waals surface area (Å²) in [4.78, 5) is 26.8. The predicted octanol–water partition coefficient (Wildman–Crippen LogP) is 3.28. The van der Waals surface area contributed by atoms with Crippen LogP contribution in [0.25, 0.3) is 0 Å². The van der Waals surface area contributed by atoms with E-state index >= 15 is 0 Å². The van der Waals surface area contributed by atoms with E-state index < -0.39 is 47.1 Å². The van der Waals surface area contributed by atoms with Gasteiger partial charge in [-0.05, 0) is 56.5 Å². The highest BCUT2D eigenvalue weighted by Crippen LogP contribution is 2.16. The summed E-state index contributed by atoms with van der Waals surface area (Å²) in [5.74, 6) is -2.85. The molecule has 1 aromatic carbocycles. The lowest BCUT2D eigenvalue weighted by Gasteiger charge is -2.13. The summed E-state index contributed by atoms with van der Waals surface area (Å²) >= 11 is 0. The van der Waals surface area contributed by atoms with Crippen molar-refractivity contribution in [2.75, 3.05) is 11.9 Å². The standard InChI is InChI=1S/C26H31F4N5O2/c27-22-18(23(28)25(30)35-24(22)29)14-11-16-9-12-17(13-10-16)34-26(37)20(33)7-2-1-3-8-21(36)19(32)6-4-5-15-31/h9-10,12-13,19-20H,1-8,15,31-33H2,(H,34,37). The van der Waals surface area contributed by atoms with Gasteiger partial charge in [-0.2, -0.15) is 13.8 Å². The number of hydrogen-bond acceptors (Lipinski definition) is 6. The van der Waals surface area contributed by atoms with Crippen LogP contribution in [0, 0.1) is 35.4 Å². The molecule has 0 saturated carbocycles. The Labute approximate surface area is 213 Å². The molecule has 2 unspecified atom stereocenters. The molecule has 0 aliphatic rings. The minimum atomic E-state index is -1.79. The molecular weight excluding hydrogens is 490 g/mol. The van der Waals surface area contributed by atoms with Gasteiger partial charge in [-0.25, -0.2) is 8.78 Å². The van der Waals surface area contributed by atoms with E-state index in [1.165, 1.54) is 24.3 Å². The summed E-state index contributed by atoms with van der Waals surface area (Å²) in [6.07, 6.45) is 5.22. The molecular formula is C26H31F4N5O2. The highest BCUT2D eigenvalue weighted by atomic mass is 19.2. The minimum absolute atomic E-state index is 0.0302. The molecule has 0 bridgehead atoms. The summed E-state index contributed by atoms with van der Waals surface area (Å²) in [6, 6.07) is 4.69. The van der Waals surface area contributed by atoms with Crippen LogP contribution in [0.3, 0.4) is 0 Å². The van der Waals surface area contributed by atoms with Crippen LogP contribution in [0.4, 0.5) is 23.2 Å². The number of anilines is 1. The summed E-state index contributed by atoms with van der Waals surface area (Å²) in [7, 11) is 0. The van der Waals surface area contributed by atoms with E-state index in [0.717, 1.165) is 19.3 Å². The van der Waals surface area contributed by atoms with Gasteiger partial charge in [0.1, 0.15) is 11.3 Å². The maximum atomic E-state index is 13.6. The molecule has 1 heterocycles. The van der Waals surface area contributed by atoms with Gasteiger partial charge in [0.05, 0.1) is 12.1 Å². The number of ketones is 1. The van der Waals surface area contributed by atoms with E-state index in [0.29, 0.717) is 44.3 Å². The molecule has 0 saturated heterocycles.